The molecular weight excluding hydrogens is 508 g/mol. The number of aliphatic imine (C=N–C) groups is 1. The molecule has 0 bridgehead atoms. The number of benzene rings is 2. The van der Waals surface area contributed by atoms with Crippen LogP contribution >= 0.6 is 35.6 Å². The molecule has 9 heteroatoms. The van der Waals surface area contributed by atoms with E-state index in [0.29, 0.717) is 42.2 Å². The van der Waals surface area contributed by atoms with Gasteiger partial charge in [-0.1, -0.05) is 41.0 Å². The molecule has 0 fully saturated rings. The van der Waals surface area contributed by atoms with Gasteiger partial charge in [-0.2, -0.15) is 4.98 Å². The molecule has 6 nitrogen and oxygen atoms in total. The average Bonchev–Trinajstić information content (AvgIpc) is 3.16. The van der Waals surface area contributed by atoms with Gasteiger partial charge in [-0.05, 0) is 36.8 Å². The van der Waals surface area contributed by atoms with Crippen LogP contribution in [-0.2, 0) is 13.0 Å². The minimum Gasteiger partial charge on any atom is -0.357 e. The smallest absolute Gasteiger partial charge is 0.228 e. The highest BCUT2D eigenvalue weighted by atomic mass is 127. The van der Waals surface area contributed by atoms with Gasteiger partial charge in [0.25, 0.3) is 0 Å². The Hall–Kier alpha value is -2.20. The van der Waals surface area contributed by atoms with Crippen LogP contribution in [0, 0.1) is 5.82 Å². The first-order valence-electron chi connectivity index (χ1n) is 8.99. The fourth-order valence-corrected chi connectivity index (χ4v) is 2.68. The lowest BCUT2D eigenvalue weighted by molar-refractivity contribution is 0.378. The summed E-state index contributed by atoms with van der Waals surface area (Å²) in [7, 11) is 0. The minimum absolute atomic E-state index is 0. The van der Waals surface area contributed by atoms with E-state index in [1.165, 1.54) is 12.1 Å². The Morgan fingerprint density at radius 1 is 1.17 bits per heavy atom. The van der Waals surface area contributed by atoms with Crippen molar-refractivity contribution >= 4 is 41.5 Å². The van der Waals surface area contributed by atoms with E-state index in [9.17, 15) is 4.39 Å². The van der Waals surface area contributed by atoms with Crippen LogP contribution in [-0.4, -0.2) is 29.2 Å². The van der Waals surface area contributed by atoms with E-state index in [4.69, 9.17) is 16.1 Å². The van der Waals surface area contributed by atoms with Crippen LogP contribution in [0.2, 0.25) is 5.02 Å². The Bertz CT molecular complexity index is 933. The van der Waals surface area contributed by atoms with Crippen LogP contribution in [0.25, 0.3) is 11.4 Å². The maximum atomic E-state index is 13.0. The van der Waals surface area contributed by atoms with Crippen molar-refractivity contribution in [3.8, 4) is 11.4 Å². The summed E-state index contributed by atoms with van der Waals surface area (Å²) < 4.78 is 18.3. The molecule has 2 N–H and O–H groups in total. The molecule has 0 unspecified atom stereocenters. The van der Waals surface area contributed by atoms with E-state index >= 15 is 0 Å². The van der Waals surface area contributed by atoms with Gasteiger partial charge in [-0.3, -0.25) is 0 Å². The standard InChI is InChI=1S/C20H21ClFN5O.HI/c1-2-23-20(25-13-14-6-8-17(22)9-7-14)24-11-10-18-26-19(27-28-18)15-4-3-5-16(21)12-15;/h3-9,12H,2,10-11,13H2,1H3,(H2,23,24,25);1H. The van der Waals surface area contributed by atoms with E-state index in [1.807, 2.05) is 19.1 Å². The zero-order valence-corrected chi connectivity index (χ0v) is 18.9. The van der Waals surface area contributed by atoms with Crippen molar-refractivity contribution in [2.75, 3.05) is 13.1 Å². The topological polar surface area (TPSA) is 75.3 Å². The van der Waals surface area contributed by atoms with E-state index in [1.54, 1.807) is 24.3 Å². The van der Waals surface area contributed by atoms with Gasteiger partial charge in [-0.25, -0.2) is 9.38 Å². The number of hydrogen-bond acceptors (Lipinski definition) is 4. The summed E-state index contributed by atoms with van der Waals surface area (Å²) in [5.41, 5.74) is 1.74. The van der Waals surface area contributed by atoms with Crippen LogP contribution in [0.5, 0.6) is 0 Å². The van der Waals surface area contributed by atoms with Crippen molar-refractivity contribution < 1.29 is 8.91 Å². The average molecular weight is 530 g/mol. The molecule has 0 aliphatic rings. The summed E-state index contributed by atoms with van der Waals surface area (Å²) in [6.07, 6.45) is 0.550. The predicted octanol–water partition coefficient (Wildman–Crippen LogP) is 4.44. The normalized spacial score (nSPS) is 11.1. The van der Waals surface area contributed by atoms with Gasteiger partial charge in [0.05, 0.1) is 6.54 Å². The van der Waals surface area contributed by atoms with Crippen molar-refractivity contribution in [3.05, 3.63) is 70.8 Å². The van der Waals surface area contributed by atoms with Gasteiger partial charge in [0.1, 0.15) is 5.82 Å². The number of halogens is 3. The van der Waals surface area contributed by atoms with Crippen molar-refractivity contribution in [3.63, 3.8) is 0 Å². The highest BCUT2D eigenvalue weighted by molar-refractivity contribution is 14.0. The second-order valence-electron chi connectivity index (χ2n) is 6.02. The quantitative estimate of drug-likeness (QED) is 0.269. The molecule has 154 valence electrons. The van der Waals surface area contributed by atoms with E-state index in [-0.39, 0.29) is 29.8 Å². The molecular formula is C20H22ClFIN5O. The first-order valence-corrected chi connectivity index (χ1v) is 9.37. The molecule has 1 heterocycles. The molecule has 0 radical (unpaired) electrons. The number of guanidine groups is 1. The summed E-state index contributed by atoms with van der Waals surface area (Å²) in [6, 6.07) is 13.6. The van der Waals surface area contributed by atoms with Gasteiger partial charge in [0, 0.05) is 30.1 Å². The third-order valence-corrected chi connectivity index (χ3v) is 4.09. The third-order valence-electron chi connectivity index (χ3n) is 3.86. The van der Waals surface area contributed by atoms with Crippen LogP contribution in [0.1, 0.15) is 18.4 Å². The van der Waals surface area contributed by atoms with Gasteiger partial charge in [0.15, 0.2) is 5.96 Å². The first-order chi connectivity index (χ1) is 13.6. The molecule has 1 aromatic heterocycles. The highest BCUT2D eigenvalue weighted by Crippen LogP contribution is 2.19. The molecule has 0 spiro atoms. The Morgan fingerprint density at radius 2 is 1.97 bits per heavy atom. The lowest BCUT2D eigenvalue weighted by Gasteiger charge is -2.10. The fourth-order valence-electron chi connectivity index (χ4n) is 2.49. The summed E-state index contributed by atoms with van der Waals surface area (Å²) in [6.45, 7) is 3.75. The number of nitrogens with one attached hydrogen (secondary N) is 2. The highest BCUT2D eigenvalue weighted by Gasteiger charge is 2.09. The zero-order valence-electron chi connectivity index (χ0n) is 15.9. The summed E-state index contributed by atoms with van der Waals surface area (Å²) in [5.74, 6) is 1.45. The van der Waals surface area contributed by atoms with Crippen LogP contribution in [0.3, 0.4) is 0 Å². The molecule has 29 heavy (non-hydrogen) atoms. The summed E-state index contributed by atoms with van der Waals surface area (Å²) in [4.78, 5) is 8.89. The number of aromatic nitrogens is 2. The second kappa shape index (κ2) is 11.7. The molecule has 0 saturated carbocycles. The molecule has 2 aromatic carbocycles. The number of rotatable bonds is 7. The van der Waals surface area contributed by atoms with Crippen molar-refractivity contribution in [1.29, 1.82) is 0 Å². The number of nitrogens with zero attached hydrogens (tertiary/aromatic N) is 3. The van der Waals surface area contributed by atoms with Crippen LogP contribution in [0.4, 0.5) is 4.39 Å². The Morgan fingerprint density at radius 3 is 2.69 bits per heavy atom. The Labute approximate surface area is 191 Å². The minimum atomic E-state index is -0.255. The third kappa shape index (κ3) is 7.28. The first kappa shape index (κ1) is 23.1. The van der Waals surface area contributed by atoms with Crippen molar-refractivity contribution in [1.82, 2.24) is 20.8 Å². The molecule has 0 aliphatic carbocycles. The fraction of sp³-hybridized carbons (Fsp3) is 0.250. The zero-order chi connectivity index (χ0) is 19.8. The van der Waals surface area contributed by atoms with E-state index in [0.717, 1.165) is 17.7 Å². The van der Waals surface area contributed by atoms with E-state index in [2.05, 4.69) is 25.8 Å². The Kier molecular flexibility index (Phi) is 9.33. The van der Waals surface area contributed by atoms with Crippen molar-refractivity contribution in [2.45, 2.75) is 19.9 Å². The SMILES string of the molecule is CCNC(=NCc1ccc(F)cc1)NCCc1nc(-c2cccc(Cl)c2)no1.I. The maximum absolute atomic E-state index is 13.0. The number of hydrogen-bond donors (Lipinski definition) is 2. The Balaban J connectivity index is 0.00000300. The van der Waals surface area contributed by atoms with Crippen LogP contribution in [0.15, 0.2) is 58.0 Å². The molecule has 3 aromatic rings. The lowest BCUT2D eigenvalue weighted by atomic mass is 10.2. The van der Waals surface area contributed by atoms with Gasteiger partial charge in [0.2, 0.25) is 11.7 Å². The second-order valence-corrected chi connectivity index (χ2v) is 6.46. The molecule has 0 aliphatic heterocycles. The molecule has 0 saturated heterocycles. The maximum Gasteiger partial charge on any atom is 0.228 e. The molecule has 3 rings (SSSR count). The van der Waals surface area contributed by atoms with Crippen molar-refractivity contribution in [2.24, 2.45) is 4.99 Å². The summed E-state index contributed by atoms with van der Waals surface area (Å²) >= 11 is 6.00. The molecule has 0 atom stereocenters. The largest absolute Gasteiger partial charge is 0.357 e. The van der Waals surface area contributed by atoms with Gasteiger partial charge < -0.3 is 15.2 Å². The monoisotopic (exact) mass is 529 g/mol. The van der Waals surface area contributed by atoms with Gasteiger partial charge >= 0.3 is 0 Å². The van der Waals surface area contributed by atoms with Gasteiger partial charge in [-0.15, -0.1) is 24.0 Å². The summed E-state index contributed by atoms with van der Waals surface area (Å²) in [5, 5.41) is 11.0. The molecule has 0 amide bonds. The lowest BCUT2D eigenvalue weighted by Crippen LogP contribution is -2.38. The van der Waals surface area contributed by atoms with Crippen LogP contribution < -0.4 is 10.6 Å². The van der Waals surface area contributed by atoms with E-state index < -0.39 is 0 Å². The predicted molar refractivity (Wildman–Crippen MR) is 123 cm³/mol.